The zero-order chi connectivity index (χ0) is 20.0. The third-order valence-corrected chi connectivity index (χ3v) is 4.37. The van der Waals surface area contributed by atoms with Crippen LogP contribution in [-0.2, 0) is 4.74 Å². The number of carbonyl (C=O) groups excluding carboxylic acids is 2. The zero-order valence-electron chi connectivity index (χ0n) is 15.7. The highest BCUT2D eigenvalue weighted by atomic mass is 35.5. The topological polar surface area (TPSA) is 79.9 Å². The Morgan fingerprint density at radius 3 is 2.48 bits per heavy atom. The van der Waals surface area contributed by atoms with E-state index in [9.17, 15) is 9.59 Å². The number of nitrogens with zero attached hydrogens (tertiary/aromatic N) is 1. The average molecular weight is 418 g/mol. The van der Waals surface area contributed by atoms with Crippen LogP contribution in [0.1, 0.15) is 33.6 Å². The molecule has 0 aliphatic carbocycles. The predicted molar refractivity (Wildman–Crippen MR) is 104 cm³/mol. The molecule has 0 aromatic heterocycles. The maximum absolute atomic E-state index is 12.0. The van der Waals surface area contributed by atoms with Crippen molar-refractivity contribution in [1.82, 2.24) is 15.5 Å². The molecular weight excluding hydrogens is 393 g/mol. The van der Waals surface area contributed by atoms with Crippen molar-refractivity contribution >= 4 is 35.3 Å². The van der Waals surface area contributed by atoms with E-state index in [1.165, 1.54) is 0 Å². The van der Waals surface area contributed by atoms with Gasteiger partial charge in [0.1, 0.15) is 11.4 Å². The number of urea groups is 1. The largest absolute Gasteiger partial charge is 0.472 e. The maximum Gasteiger partial charge on any atom is 0.410 e. The average Bonchev–Trinajstić information content (AvgIpc) is 2.56. The van der Waals surface area contributed by atoms with E-state index in [4.69, 9.17) is 32.7 Å². The Bertz CT molecular complexity index is 671. The number of hydrogen-bond acceptors (Lipinski definition) is 4. The van der Waals surface area contributed by atoms with Gasteiger partial charge in [-0.1, -0.05) is 23.2 Å². The van der Waals surface area contributed by atoms with Crippen LogP contribution in [0.5, 0.6) is 5.75 Å². The van der Waals surface area contributed by atoms with Gasteiger partial charge in [0.15, 0.2) is 6.73 Å². The van der Waals surface area contributed by atoms with E-state index in [-0.39, 0.29) is 24.9 Å². The predicted octanol–water partition coefficient (Wildman–Crippen LogP) is 4.03. The zero-order valence-corrected chi connectivity index (χ0v) is 17.2. The Balaban J connectivity index is 1.68. The van der Waals surface area contributed by atoms with Crippen LogP contribution in [0.4, 0.5) is 9.59 Å². The van der Waals surface area contributed by atoms with E-state index >= 15 is 0 Å². The molecule has 2 N–H and O–H groups in total. The van der Waals surface area contributed by atoms with Gasteiger partial charge in [0, 0.05) is 24.2 Å². The van der Waals surface area contributed by atoms with E-state index in [1.54, 1.807) is 23.1 Å². The summed E-state index contributed by atoms with van der Waals surface area (Å²) in [6.07, 6.45) is 1.01. The fourth-order valence-electron chi connectivity index (χ4n) is 2.54. The lowest BCUT2D eigenvalue weighted by molar-refractivity contribution is 0.0201. The van der Waals surface area contributed by atoms with Crippen LogP contribution in [0, 0.1) is 0 Å². The van der Waals surface area contributed by atoms with E-state index in [1.807, 2.05) is 20.8 Å². The number of benzene rings is 1. The summed E-state index contributed by atoms with van der Waals surface area (Å²) < 4.78 is 10.8. The van der Waals surface area contributed by atoms with Crippen LogP contribution >= 0.6 is 23.2 Å². The summed E-state index contributed by atoms with van der Waals surface area (Å²) in [5, 5.41) is 6.37. The number of halogens is 2. The summed E-state index contributed by atoms with van der Waals surface area (Å²) in [6.45, 7) is 6.56. The molecule has 0 saturated carbocycles. The molecule has 1 saturated heterocycles. The first-order chi connectivity index (χ1) is 12.6. The summed E-state index contributed by atoms with van der Waals surface area (Å²) in [4.78, 5) is 25.7. The van der Waals surface area contributed by atoms with Gasteiger partial charge in [-0.2, -0.15) is 0 Å². The lowest BCUT2D eigenvalue weighted by Gasteiger charge is -2.33. The number of piperidine rings is 1. The number of carbonyl (C=O) groups is 2. The van der Waals surface area contributed by atoms with Gasteiger partial charge in [-0.25, -0.2) is 9.59 Å². The highest BCUT2D eigenvalue weighted by Gasteiger charge is 2.27. The molecular formula is C18H25Cl2N3O4. The van der Waals surface area contributed by atoms with Crippen LogP contribution in [0.15, 0.2) is 18.2 Å². The van der Waals surface area contributed by atoms with Gasteiger partial charge in [0.25, 0.3) is 0 Å². The van der Waals surface area contributed by atoms with Crippen molar-refractivity contribution in [2.45, 2.75) is 45.3 Å². The number of likely N-dealkylation sites (tertiary alicyclic amines) is 1. The van der Waals surface area contributed by atoms with Crippen LogP contribution in [-0.4, -0.2) is 48.5 Å². The molecule has 27 heavy (non-hydrogen) atoms. The van der Waals surface area contributed by atoms with Gasteiger partial charge in [-0.05, 0) is 51.8 Å². The number of amides is 3. The highest BCUT2D eigenvalue weighted by Crippen LogP contribution is 2.27. The Hall–Kier alpha value is -1.86. The van der Waals surface area contributed by atoms with Crippen LogP contribution < -0.4 is 15.4 Å². The van der Waals surface area contributed by atoms with E-state index < -0.39 is 5.60 Å². The molecule has 3 amide bonds. The minimum atomic E-state index is -0.515. The second-order valence-electron chi connectivity index (χ2n) is 7.26. The molecule has 0 radical (unpaired) electrons. The molecule has 1 aromatic carbocycles. The molecule has 9 heteroatoms. The van der Waals surface area contributed by atoms with Crippen LogP contribution in [0.25, 0.3) is 0 Å². The summed E-state index contributed by atoms with van der Waals surface area (Å²) in [7, 11) is 0. The van der Waals surface area contributed by atoms with Gasteiger partial charge < -0.3 is 25.0 Å². The monoisotopic (exact) mass is 417 g/mol. The molecule has 1 aromatic rings. The highest BCUT2D eigenvalue weighted by molar-refractivity contribution is 6.35. The molecule has 1 aliphatic rings. The van der Waals surface area contributed by atoms with Crippen molar-refractivity contribution in [2.75, 3.05) is 19.8 Å². The molecule has 7 nitrogen and oxygen atoms in total. The molecule has 1 aliphatic heterocycles. The molecule has 1 heterocycles. The van der Waals surface area contributed by atoms with Gasteiger partial charge in [-0.3, -0.25) is 0 Å². The lowest BCUT2D eigenvalue weighted by Crippen LogP contribution is -2.50. The molecule has 2 rings (SSSR count). The van der Waals surface area contributed by atoms with Crippen LogP contribution in [0.2, 0.25) is 10.0 Å². The first kappa shape index (κ1) is 21.4. The fraction of sp³-hybridized carbons (Fsp3) is 0.556. The molecule has 1 fully saturated rings. The number of nitrogens with one attached hydrogen (secondary N) is 2. The maximum atomic E-state index is 12.0. The quantitative estimate of drug-likeness (QED) is 0.724. The Labute approximate surface area is 169 Å². The SMILES string of the molecule is CC(C)(C)OC(=O)N1CCC(NC(=O)NCOc2ccc(Cl)cc2Cl)CC1. The normalized spacial score (nSPS) is 15.2. The molecule has 0 bridgehead atoms. The summed E-state index contributed by atoms with van der Waals surface area (Å²) in [6, 6.07) is 4.51. The Morgan fingerprint density at radius 2 is 1.89 bits per heavy atom. The standard InChI is InChI=1S/C18H25Cl2N3O4/c1-18(2,3)27-17(25)23-8-6-13(7-9-23)22-16(24)21-11-26-15-5-4-12(19)10-14(15)20/h4-5,10,13H,6-9,11H2,1-3H3,(H2,21,22,24). The van der Waals surface area contributed by atoms with Gasteiger partial charge >= 0.3 is 12.1 Å². The van der Waals surface area contributed by atoms with Crippen LogP contribution in [0.3, 0.4) is 0 Å². The van der Waals surface area contributed by atoms with E-state index in [0.717, 1.165) is 0 Å². The Morgan fingerprint density at radius 1 is 1.22 bits per heavy atom. The number of ether oxygens (including phenoxy) is 2. The first-order valence-corrected chi connectivity index (χ1v) is 9.50. The number of rotatable bonds is 4. The van der Waals surface area contributed by atoms with Crippen molar-refractivity contribution in [3.8, 4) is 5.75 Å². The van der Waals surface area contributed by atoms with E-state index in [2.05, 4.69) is 10.6 Å². The summed E-state index contributed by atoms with van der Waals surface area (Å²) in [5.41, 5.74) is -0.515. The third-order valence-electron chi connectivity index (χ3n) is 3.84. The van der Waals surface area contributed by atoms with Gasteiger partial charge in [0.2, 0.25) is 0 Å². The molecule has 0 unspecified atom stereocenters. The molecule has 0 spiro atoms. The second-order valence-corrected chi connectivity index (χ2v) is 8.10. The Kier molecular flexibility index (Phi) is 7.44. The smallest absolute Gasteiger partial charge is 0.410 e. The van der Waals surface area contributed by atoms with Crippen molar-refractivity contribution < 1.29 is 19.1 Å². The first-order valence-electron chi connectivity index (χ1n) is 8.74. The summed E-state index contributed by atoms with van der Waals surface area (Å²) >= 11 is 11.8. The minimum Gasteiger partial charge on any atom is -0.472 e. The third kappa shape index (κ3) is 7.34. The van der Waals surface area contributed by atoms with Crippen molar-refractivity contribution in [3.05, 3.63) is 28.2 Å². The second kappa shape index (κ2) is 9.37. The number of hydrogen-bond donors (Lipinski definition) is 2. The molecule has 0 atom stereocenters. The van der Waals surface area contributed by atoms with Gasteiger partial charge in [-0.15, -0.1) is 0 Å². The summed E-state index contributed by atoms with van der Waals surface area (Å²) in [5.74, 6) is 0.437. The fourth-order valence-corrected chi connectivity index (χ4v) is 3.00. The van der Waals surface area contributed by atoms with Crippen molar-refractivity contribution in [1.29, 1.82) is 0 Å². The van der Waals surface area contributed by atoms with Crippen molar-refractivity contribution in [2.24, 2.45) is 0 Å². The molecule has 150 valence electrons. The minimum absolute atomic E-state index is 0.0113. The van der Waals surface area contributed by atoms with E-state index in [0.29, 0.717) is 41.7 Å². The lowest BCUT2D eigenvalue weighted by atomic mass is 10.1. The van der Waals surface area contributed by atoms with Gasteiger partial charge in [0.05, 0.1) is 5.02 Å². The van der Waals surface area contributed by atoms with Crippen molar-refractivity contribution in [3.63, 3.8) is 0 Å².